The van der Waals surface area contributed by atoms with Crippen molar-refractivity contribution in [2.75, 3.05) is 45.4 Å². The van der Waals surface area contributed by atoms with Crippen molar-refractivity contribution in [3.63, 3.8) is 0 Å². The van der Waals surface area contributed by atoms with E-state index in [4.69, 9.17) is 19.9 Å². The van der Waals surface area contributed by atoms with Crippen molar-refractivity contribution < 1.29 is 18.6 Å². The molecule has 3 aromatic rings. The van der Waals surface area contributed by atoms with Gasteiger partial charge in [-0.1, -0.05) is 30.3 Å². The number of hydrogen-bond acceptors (Lipinski definition) is 4. The molecule has 5 heteroatoms. The van der Waals surface area contributed by atoms with Crippen LogP contribution in [-0.2, 0) is 9.47 Å². The first-order valence-electron chi connectivity index (χ1n) is 9.00. The fraction of sp³-hybridized carbons (Fsp3) is 0.273. The number of fused-ring (bicyclic) bond motifs is 1. The molecule has 3 aromatic carbocycles. The summed E-state index contributed by atoms with van der Waals surface area (Å²) < 4.78 is 27.9. The van der Waals surface area contributed by atoms with Crippen molar-refractivity contribution in [2.45, 2.75) is 0 Å². The van der Waals surface area contributed by atoms with Gasteiger partial charge in [-0.25, -0.2) is 4.39 Å². The lowest BCUT2D eigenvalue weighted by Gasteiger charge is -2.09. The van der Waals surface area contributed by atoms with Crippen molar-refractivity contribution in [3.05, 3.63) is 60.7 Å². The smallest absolute Gasteiger partial charge is 0.119 e. The third-order valence-corrected chi connectivity index (χ3v) is 4.14. The summed E-state index contributed by atoms with van der Waals surface area (Å²) >= 11 is 0. The maximum atomic E-state index is 11.8. The summed E-state index contributed by atoms with van der Waals surface area (Å²) in [5, 5.41) is 2.29. The normalized spacial score (nSPS) is 11.0. The van der Waals surface area contributed by atoms with E-state index in [2.05, 4.69) is 18.2 Å². The highest BCUT2D eigenvalue weighted by molar-refractivity contribution is 5.89. The number of anilines is 1. The number of alkyl halides is 1. The SMILES string of the molecule is Nc1ccc2cc(-c3ccc(OCCOCCOCCF)cc3)ccc2c1. The number of rotatable bonds is 10. The molecule has 27 heavy (non-hydrogen) atoms. The molecule has 0 spiro atoms. The van der Waals surface area contributed by atoms with Crippen LogP contribution in [0.25, 0.3) is 21.9 Å². The van der Waals surface area contributed by atoms with Gasteiger partial charge in [0, 0.05) is 5.69 Å². The molecule has 142 valence electrons. The zero-order valence-electron chi connectivity index (χ0n) is 15.2. The molecule has 0 fully saturated rings. The summed E-state index contributed by atoms with van der Waals surface area (Å²) in [6.45, 7) is 1.42. The van der Waals surface area contributed by atoms with Gasteiger partial charge in [0.25, 0.3) is 0 Å². The predicted molar refractivity (Wildman–Crippen MR) is 107 cm³/mol. The highest BCUT2D eigenvalue weighted by atomic mass is 19.1. The third kappa shape index (κ3) is 5.67. The quantitative estimate of drug-likeness (QED) is 0.423. The van der Waals surface area contributed by atoms with Crippen molar-refractivity contribution in [1.82, 2.24) is 0 Å². The molecule has 0 saturated heterocycles. The summed E-state index contributed by atoms with van der Waals surface area (Å²) in [4.78, 5) is 0. The first-order valence-corrected chi connectivity index (χ1v) is 9.00. The Morgan fingerprint density at radius 2 is 1.30 bits per heavy atom. The lowest BCUT2D eigenvalue weighted by molar-refractivity contribution is 0.0325. The fourth-order valence-electron chi connectivity index (χ4n) is 2.78. The molecule has 0 amide bonds. The highest BCUT2D eigenvalue weighted by Gasteiger charge is 2.02. The number of nitrogens with two attached hydrogens (primary N) is 1. The number of benzene rings is 3. The van der Waals surface area contributed by atoms with Gasteiger partial charge in [-0.05, 0) is 52.2 Å². The van der Waals surface area contributed by atoms with E-state index in [1.165, 1.54) is 0 Å². The number of hydrogen-bond donors (Lipinski definition) is 1. The first kappa shape index (κ1) is 19.1. The van der Waals surface area contributed by atoms with Crippen LogP contribution in [-0.4, -0.2) is 39.7 Å². The van der Waals surface area contributed by atoms with Gasteiger partial charge in [-0.15, -0.1) is 0 Å². The Bertz CT molecular complexity index is 852. The average Bonchev–Trinajstić information content (AvgIpc) is 2.70. The van der Waals surface area contributed by atoms with Crippen LogP contribution in [0.1, 0.15) is 0 Å². The van der Waals surface area contributed by atoms with Gasteiger partial charge < -0.3 is 19.9 Å². The molecule has 0 bridgehead atoms. The van der Waals surface area contributed by atoms with Crippen molar-refractivity contribution in [2.24, 2.45) is 0 Å². The lowest BCUT2D eigenvalue weighted by atomic mass is 10.0. The Labute approximate surface area is 158 Å². The van der Waals surface area contributed by atoms with Gasteiger partial charge >= 0.3 is 0 Å². The summed E-state index contributed by atoms with van der Waals surface area (Å²) in [5.41, 5.74) is 8.88. The van der Waals surface area contributed by atoms with Gasteiger partial charge in [0.05, 0.1) is 26.4 Å². The Hall–Kier alpha value is -2.63. The van der Waals surface area contributed by atoms with Crippen molar-refractivity contribution in [3.8, 4) is 16.9 Å². The molecular formula is C22H24FNO3. The highest BCUT2D eigenvalue weighted by Crippen LogP contribution is 2.27. The third-order valence-electron chi connectivity index (χ3n) is 4.14. The van der Waals surface area contributed by atoms with Crippen molar-refractivity contribution >= 4 is 16.5 Å². The van der Waals surface area contributed by atoms with E-state index in [1.54, 1.807) is 0 Å². The Morgan fingerprint density at radius 3 is 2.07 bits per heavy atom. The Morgan fingerprint density at radius 1 is 0.667 bits per heavy atom. The molecule has 0 radical (unpaired) electrons. The van der Waals surface area contributed by atoms with Crippen LogP contribution in [0.4, 0.5) is 10.1 Å². The van der Waals surface area contributed by atoms with E-state index in [0.717, 1.165) is 33.3 Å². The number of halogens is 1. The van der Waals surface area contributed by atoms with Gasteiger partial charge in [-0.3, -0.25) is 0 Å². The second kappa shape index (κ2) is 9.90. The van der Waals surface area contributed by atoms with Crippen LogP contribution in [0.2, 0.25) is 0 Å². The molecule has 4 nitrogen and oxygen atoms in total. The molecule has 2 N–H and O–H groups in total. The molecular weight excluding hydrogens is 345 g/mol. The molecule has 0 aromatic heterocycles. The summed E-state index contributed by atoms with van der Waals surface area (Å²) in [6.07, 6.45) is 0. The van der Waals surface area contributed by atoms with Gasteiger partial charge in [0.2, 0.25) is 0 Å². The predicted octanol–water partition coefficient (Wildman–Crippen LogP) is 4.47. The molecule has 0 saturated carbocycles. The van der Waals surface area contributed by atoms with Crippen LogP contribution >= 0.6 is 0 Å². The molecule has 0 unspecified atom stereocenters. The molecule has 0 atom stereocenters. The van der Waals surface area contributed by atoms with E-state index in [1.807, 2.05) is 42.5 Å². The molecule has 0 aliphatic carbocycles. The van der Waals surface area contributed by atoms with E-state index < -0.39 is 6.67 Å². The lowest BCUT2D eigenvalue weighted by Crippen LogP contribution is -2.11. The maximum Gasteiger partial charge on any atom is 0.119 e. The number of ether oxygens (including phenoxy) is 3. The monoisotopic (exact) mass is 369 g/mol. The van der Waals surface area contributed by atoms with Crippen LogP contribution in [0.15, 0.2) is 60.7 Å². The van der Waals surface area contributed by atoms with Crippen LogP contribution in [0.3, 0.4) is 0 Å². The Balaban J connectivity index is 1.49. The van der Waals surface area contributed by atoms with E-state index >= 15 is 0 Å². The summed E-state index contributed by atoms with van der Waals surface area (Å²) in [5.74, 6) is 0.796. The standard InChI is InChI=1S/C22H24FNO3/c23-9-10-25-11-12-26-13-14-27-22-7-4-17(5-8-22)18-1-2-20-16-21(24)6-3-19(20)15-18/h1-8,15-16H,9-14,24H2. The second-order valence-corrected chi connectivity index (χ2v) is 6.11. The topological polar surface area (TPSA) is 53.7 Å². The molecule has 0 aliphatic heterocycles. The van der Waals surface area contributed by atoms with Gasteiger partial charge in [-0.2, -0.15) is 0 Å². The summed E-state index contributed by atoms with van der Waals surface area (Å²) in [6, 6.07) is 20.2. The van der Waals surface area contributed by atoms with Crippen LogP contribution in [0.5, 0.6) is 5.75 Å². The van der Waals surface area contributed by atoms with Crippen LogP contribution in [0, 0.1) is 0 Å². The first-order chi connectivity index (χ1) is 13.3. The zero-order valence-corrected chi connectivity index (χ0v) is 15.2. The maximum absolute atomic E-state index is 11.8. The minimum Gasteiger partial charge on any atom is -0.491 e. The molecule has 3 rings (SSSR count). The Kier molecular flexibility index (Phi) is 7.02. The van der Waals surface area contributed by atoms with Gasteiger partial charge in [0.1, 0.15) is 19.0 Å². The van der Waals surface area contributed by atoms with Gasteiger partial charge in [0.15, 0.2) is 0 Å². The minimum absolute atomic E-state index is 0.122. The average molecular weight is 369 g/mol. The van der Waals surface area contributed by atoms with Crippen molar-refractivity contribution in [1.29, 1.82) is 0 Å². The minimum atomic E-state index is -0.465. The fourth-order valence-corrected chi connectivity index (χ4v) is 2.78. The second-order valence-electron chi connectivity index (χ2n) is 6.11. The molecule has 0 heterocycles. The largest absolute Gasteiger partial charge is 0.491 e. The van der Waals surface area contributed by atoms with E-state index in [-0.39, 0.29) is 6.61 Å². The number of nitrogen functional groups attached to an aromatic ring is 1. The zero-order chi connectivity index (χ0) is 18.9. The van der Waals surface area contributed by atoms with E-state index in [9.17, 15) is 4.39 Å². The molecule has 0 aliphatic rings. The van der Waals surface area contributed by atoms with E-state index in [0.29, 0.717) is 26.4 Å². The van der Waals surface area contributed by atoms with Crippen LogP contribution < -0.4 is 10.5 Å². The summed E-state index contributed by atoms with van der Waals surface area (Å²) in [7, 11) is 0.